The molecular weight excluding hydrogens is 310 g/mol. The van der Waals surface area contributed by atoms with Gasteiger partial charge in [-0.15, -0.1) is 0 Å². The zero-order valence-corrected chi connectivity index (χ0v) is 13.4. The largest absolute Gasteiger partial charge is 0.507 e. The molecule has 23 heavy (non-hydrogen) atoms. The van der Waals surface area contributed by atoms with Crippen molar-refractivity contribution in [1.29, 1.82) is 0 Å². The summed E-state index contributed by atoms with van der Waals surface area (Å²) in [7, 11) is 0. The summed E-state index contributed by atoms with van der Waals surface area (Å²) < 4.78 is 0. The van der Waals surface area contributed by atoms with Gasteiger partial charge in [0.25, 0.3) is 0 Å². The van der Waals surface area contributed by atoms with Crippen LogP contribution in [0.2, 0.25) is 5.02 Å². The van der Waals surface area contributed by atoms with Gasteiger partial charge in [0.1, 0.15) is 5.76 Å². The second-order valence-electron chi connectivity index (χ2n) is 5.83. The third-order valence-corrected chi connectivity index (χ3v) is 4.32. The van der Waals surface area contributed by atoms with E-state index in [1.54, 1.807) is 6.20 Å². The molecule has 4 nitrogen and oxygen atoms in total. The Bertz CT molecular complexity index is 937. The molecule has 2 aromatic heterocycles. The van der Waals surface area contributed by atoms with E-state index in [-0.39, 0.29) is 0 Å². The van der Waals surface area contributed by atoms with Crippen LogP contribution in [0, 0.1) is 6.92 Å². The van der Waals surface area contributed by atoms with Crippen LogP contribution in [-0.4, -0.2) is 15.1 Å². The van der Waals surface area contributed by atoms with Gasteiger partial charge in [-0.25, -0.2) is 4.98 Å². The van der Waals surface area contributed by atoms with E-state index >= 15 is 0 Å². The zero-order valence-electron chi connectivity index (χ0n) is 12.7. The number of H-pyrrole nitrogens is 1. The molecule has 0 spiro atoms. The van der Waals surface area contributed by atoms with Crippen LogP contribution in [0.15, 0.2) is 42.2 Å². The fourth-order valence-corrected chi connectivity index (χ4v) is 2.97. The fraction of sp³-hybridized carbons (Fsp3) is 0.167. The summed E-state index contributed by atoms with van der Waals surface area (Å²) in [5, 5.41) is 15.4. The van der Waals surface area contributed by atoms with E-state index in [0.29, 0.717) is 16.6 Å². The molecule has 4 rings (SSSR count). The highest BCUT2D eigenvalue weighted by atomic mass is 35.5. The van der Waals surface area contributed by atoms with Crippen molar-refractivity contribution in [2.45, 2.75) is 19.8 Å². The van der Waals surface area contributed by atoms with Crippen LogP contribution >= 0.6 is 11.6 Å². The summed E-state index contributed by atoms with van der Waals surface area (Å²) in [6, 6.07) is 7.51. The third-order valence-electron chi connectivity index (χ3n) is 4.08. The first kappa shape index (κ1) is 14.2. The predicted molar refractivity (Wildman–Crippen MR) is 94.3 cm³/mol. The summed E-state index contributed by atoms with van der Waals surface area (Å²) in [5.74, 6) is 1.09. The van der Waals surface area contributed by atoms with Crippen molar-refractivity contribution in [3.8, 4) is 0 Å². The van der Waals surface area contributed by atoms with Gasteiger partial charge in [-0.2, -0.15) is 0 Å². The number of benzene rings is 1. The van der Waals surface area contributed by atoms with Crippen molar-refractivity contribution in [2.75, 3.05) is 5.32 Å². The maximum Gasteiger partial charge on any atom is 0.154 e. The molecule has 5 heteroatoms. The van der Waals surface area contributed by atoms with Crippen LogP contribution in [-0.2, 0) is 0 Å². The maximum atomic E-state index is 10.4. The van der Waals surface area contributed by atoms with E-state index in [1.807, 2.05) is 37.4 Å². The smallest absolute Gasteiger partial charge is 0.154 e. The molecule has 0 saturated heterocycles. The number of hydrogen-bond donors (Lipinski definition) is 3. The average Bonchev–Trinajstić information content (AvgIpc) is 3.31. The Hall–Kier alpha value is -2.46. The number of hydrogen-bond acceptors (Lipinski definition) is 3. The van der Waals surface area contributed by atoms with E-state index in [0.717, 1.165) is 46.1 Å². The molecule has 0 unspecified atom stereocenters. The fourth-order valence-electron chi connectivity index (χ4n) is 2.78. The van der Waals surface area contributed by atoms with Crippen molar-refractivity contribution in [3.05, 3.63) is 58.4 Å². The van der Waals surface area contributed by atoms with Gasteiger partial charge in [-0.3, -0.25) is 0 Å². The molecule has 1 aliphatic rings. The number of aliphatic hydroxyl groups excluding tert-OH is 1. The average molecular weight is 326 g/mol. The lowest BCUT2D eigenvalue weighted by Gasteiger charge is -2.10. The molecule has 1 aliphatic carbocycles. The monoisotopic (exact) mass is 325 g/mol. The third kappa shape index (κ3) is 2.55. The molecule has 3 N–H and O–H groups in total. The normalized spacial score (nSPS) is 13.4. The minimum absolute atomic E-state index is 0.375. The molecule has 0 radical (unpaired) electrons. The van der Waals surface area contributed by atoms with Gasteiger partial charge in [0.2, 0.25) is 0 Å². The number of aromatic amines is 1. The Kier molecular flexibility index (Phi) is 3.27. The molecule has 1 aromatic carbocycles. The minimum Gasteiger partial charge on any atom is -0.507 e. The highest BCUT2D eigenvalue weighted by molar-refractivity contribution is 6.30. The van der Waals surface area contributed by atoms with Crippen molar-refractivity contribution >= 4 is 39.8 Å². The van der Waals surface area contributed by atoms with Crippen LogP contribution in [0.3, 0.4) is 0 Å². The van der Waals surface area contributed by atoms with Crippen LogP contribution in [0.5, 0.6) is 0 Å². The van der Waals surface area contributed by atoms with E-state index < -0.39 is 0 Å². The van der Waals surface area contributed by atoms with E-state index in [1.165, 1.54) is 0 Å². The van der Waals surface area contributed by atoms with Gasteiger partial charge in [0.05, 0.1) is 5.52 Å². The number of halogens is 1. The van der Waals surface area contributed by atoms with E-state index in [2.05, 4.69) is 15.3 Å². The number of allylic oxidation sites excluding steroid dienone is 1. The van der Waals surface area contributed by atoms with Crippen molar-refractivity contribution in [2.24, 2.45) is 0 Å². The van der Waals surface area contributed by atoms with Crippen molar-refractivity contribution in [1.82, 2.24) is 9.97 Å². The standard InChI is InChI=1S/C18H16ClN3O/c1-10-8-20-16-15(10)14(17(23)11-5-6-11)9-21-18(16)22-13-4-2-3-12(19)7-13/h2-4,7-9,20,23H,5-6H2,1H3,(H,21,22). The first-order valence-electron chi connectivity index (χ1n) is 7.54. The van der Waals surface area contributed by atoms with Gasteiger partial charge in [-0.05, 0) is 49.1 Å². The number of nitrogens with zero attached hydrogens (tertiary/aromatic N) is 1. The van der Waals surface area contributed by atoms with Crippen LogP contribution in [0.1, 0.15) is 24.0 Å². The summed E-state index contributed by atoms with van der Waals surface area (Å²) in [6.45, 7) is 2.02. The van der Waals surface area contributed by atoms with Gasteiger partial charge in [-0.1, -0.05) is 17.7 Å². The summed E-state index contributed by atoms with van der Waals surface area (Å²) in [4.78, 5) is 7.75. The molecule has 1 saturated carbocycles. The summed E-state index contributed by atoms with van der Waals surface area (Å²) >= 11 is 6.03. The Morgan fingerprint density at radius 1 is 1.35 bits per heavy atom. The lowest BCUT2D eigenvalue weighted by molar-refractivity contribution is 0.510. The number of aliphatic hydroxyl groups is 1. The van der Waals surface area contributed by atoms with Gasteiger partial charge in [0.15, 0.2) is 5.82 Å². The highest BCUT2D eigenvalue weighted by Gasteiger charge is 2.22. The van der Waals surface area contributed by atoms with E-state index in [4.69, 9.17) is 11.6 Å². The molecule has 2 heterocycles. The lowest BCUT2D eigenvalue weighted by Crippen LogP contribution is -1.97. The SMILES string of the molecule is Cc1c[nH]c2c(Nc3cccc(Cl)c3)ncc(C(O)=C3CC3)c12. The molecular formula is C18H16ClN3O. The topological polar surface area (TPSA) is 60.9 Å². The molecule has 0 bridgehead atoms. The van der Waals surface area contributed by atoms with Crippen LogP contribution in [0.4, 0.5) is 11.5 Å². The molecule has 0 aliphatic heterocycles. The summed E-state index contributed by atoms with van der Waals surface area (Å²) in [6.07, 6.45) is 5.61. The molecule has 0 amide bonds. The molecule has 116 valence electrons. The number of rotatable bonds is 3. The molecule has 1 fully saturated rings. The van der Waals surface area contributed by atoms with Crippen molar-refractivity contribution < 1.29 is 5.11 Å². The van der Waals surface area contributed by atoms with Crippen LogP contribution in [0.25, 0.3) is 16.7 Å². The lowest BCUT2D eigenvalue weighted by atomic mass is 10.1. The first-order chi connectivity index (χ1) is 11.1. The number of aromatic nitrogens is 2. The Balaban J connectivity index is 1.83. The Labute approximate surface area is 138 Å². The zero-order chi connectivity index (χ0) is 16.0. The molecule has 0 atom stereocenters. The van der Waals surface area contributed by atoms with Gasteiger partial charge < -0.3 is 15.4 Å². The predicted octanol–water partition coefficient (Wildman–Crippen LogP) is 5.33. The number of pyridine rings is 1. The van der Waals surface area contributed by atoms with Crippen molar-refractivity contribution in [3.63, 3.8) is 0 Å². The van der Waals surface area contributed by atoms with Crippen LogP contribution < -0.4 is 5.32 Å². The number of nitrogens with one attached hydrogen (secondary N) is 2. The van der Waals surface area contributed by atoms with Gasteiger partial charge >= 0.3 is 0 Å². The van der Waals surface area contributed by atoms with E-state index in [9.17, 15) is 5.11 Å². The Morgan fingerprint density at radius 2 is 2.17 bits per heavy atom. The number of anilines is 2. The molecule has 3 aromatic rings. The first-order valence-corrected chi connectivity index (χ1v) is 7.92. The Morgan fingerprint density at radius 3 is 2.91 bits per heavy atom. The van der Waals surface area contributed by atoms with Gasteiger partial charge in [0, 0.05) is 34.1 Å². The maximum absolute atomic E-state index is 10.4. The number of fused-ring (bicyclic) bond motifs is 1. The second kappa shape index (κ2) is 5.32. The second-order valence-corrected chi connectivity index (χ2v) is 6.27. The highest BCUT2D eigenvalue weighted by Crippen LogP contribution is 2.39. The quantitative estimate of drug-likeness (QED) is 0.570. The number of aryl methyl sites for hydroxylation is 1. The minimum atomic E-state index is 0.375. The summed E-state index contributed by atoms with van der Waals surface area (Å²) in [5.41, 5.74) is 4.73.